The first-order valence-electron chi connectivity index (χ1n) is 14.7. The third kappa shape index (κ3) is 6.86. The molecule has 214 valence electrons. The van der Waals surface area contributed by atoms with Crippen LogP contribution in [0.2, 0.25) is 0 Å². The van der Waals surface area contributed by atoms with Gasteiger partial charge in [-0.2, -0.15) is 4.99 Å². The molecular weight excluding hydrogens is 509 g/mol. The SMILES string of the molecule is CC(C)NC(=O)C1CCC(N2C(=NC(=O)c3cccc(F)c3)Cc3cnc(OCCN4CCCCC4)cc32)CC1. The van der Waals surface area contributed by atoms with Gasteiger partial charge in [0.25, 0.3) is 5.91 Å². The minimum Gasteiger partial charge on any atom is -0.476 e. The van der Waals surface area contributed by atoms with Crippen molar-refractivity contribution in [2.75, 3.05) is 31.1 Å². The van der Waals surface area contributed by atoms with Gasteiger partial charge in [0, 0.05) is 54.4 Å². The van der Waals surface area contributed by atoms with E-state index in [1.165, 1.54) is 37.5 Å². The first kappa shape index (κ1) is 28.2. The number of nitrogens with zero attached hydrogens (tertiary/aromatic N) is 4. The number of piperidine rings is 1. The van der Waals surface area contributed by atoms with Gasteiger partial charge in [-0.1, -0.05) is 12.5 Å². The number of hydrogen-bond acceptors (Lipinski definition) is 5. The molecule has 3 heterocycles. The number of aliphatic imine (C=N–C) groups is 1. The predicted molar refractivity (Wildman–Crippen MR) is 153 cm³/mol. The maximum Gasteiger partial charge on any atom is 0.278 e. The Hall–Kier alpha value is -3.33. The highest BCUT2D eigenvalue weighted by Crippen LogP contribution is 2.38. The van der Waals surface area contributed by atoms with Gasteiger partial charge >= 0.3 is 0 Å². The molecule has 0 spiro atoms. The van der Waals surface area contributed by atoms with Crippen molar-refractivity contribution in [3.63, 3.8) is 0 Å². The molecule has 2 aromatic rings. The lowest BCUT2D eigenvalue weighted by Crippen LogP contribution is -2.44. The number of pyridine rings is 1. The van der Waals surface area contributed by atoms with Gasteiger partial charge in [-0.3, -0.25) is 14.5 Å². The molecule has 3 aliphatic rings. The molecule has 0 unspecified atom stereocenters. The van der Waals surface area contributed by atoms with Crippen LogP contribution < -0.4 is 15.0 Å². The van der Waals surface area contributed by atoms with Crippen molar-refractivity contribution in [2.45, 2.75) is 77.3 Å². The fourth-order valence-corrected chi connectivity index (χ4v) is 6.05. The second-order valence-electron chi connectivity index (χ2n) is 11.5. The molecule has 1 saturated carbocycles. The van der Waals surface area contributed by atoms with Crippen molar-refractivity contribution in [1.82, 2.24) is 15.2 Å². The quantitative estimate of drug-likeness (QED) is 0.511. The molecule has 40 heavy (non-hydrogen) atoms. The fourth-order valence-electron chi connectivity index (χ4n) is 6.05. The van der Waals surface area contributed by atoms with Crippen LogP contribution in [0.5, 0.6) is 5.88 Å². The van der Waals surface area contributed by atoms with Gasteiger partial charge < -0.3 is 15.0 Å². The summed E-state index contributed by atoms with van der Waals surface area (Å²) in [6, 6.07) is 7.79. The molecule has 1 aromatic carbocycles. The smallest absolute Gasteiger partial charge is 0.278 e. The number of likely N-dealkylation sites (tertiary alicyclic amines) is 1. The maximum absolute atomic E-state index is 13.8. The molecule has 5 rings (SSSR count). The summed E-state index contributed by atoms with van der Waals surface area (Å²) >= 11 is 0. The van der Waals surface area contributed by atoms with Gasteiger partial charge in [0.05, 0.1) is 5.69 Å². The van der Waals surface area contributed by atoms with Gasteiger partial charge in [-0.15, -0.1) is 0 Å². The largest absolute Gasteiger partial charge is 0.476 e. The van der Waals surface area contributed by atoms with Crippen molar-refractivity contribution in [1.29, 1.82) is 0 Å². The van der Waals surface area contributed by atoms with Crippen LogP contribution in [0, 0.1) is 11.7 Å². The third-order valence-electron chi connectivity index (χ3n) is 8.09. The average Bonchev–Trinajstić information content (AvgIpc) is 3.30. The molecule has 8 nitrogen and oxygen atoms in total. The topological polar surface area (TPSA) is 87.1 Å². The van der Waals surface area contributed by atoms with E-state index in [4.69, 9.17) is 4.74 Å². The van der Waals surface area contributed by atoms with Gasteiger partial charge in [0.2, 0.25) is 11.8 Å². The van der Waals surface area contributed by atoms with Crippen LogP contribution in [-0.2, 0) is 11.2 Å². The molecule has 2 aliphatic heterocycles. The Balaban J connectivity index is 1.34. The zero-order valence-electron chi connectivity index (χ0n) is 23.6. The number of fused-ring (bicyclic) bond motifs is 1. The Kier molecular flexibility index (Phi) is 9.09. The molecule has 1 aliphatic carbocycles. The minimum atomic E-state index is -0.469. The number of nitrogens with one attached hydrogen (secondary N) is 1. The summed E-state index contributed by atoms with van der Waals surface area (Å²) in [5, 5.41) is 3.04. The Morgan fingerprint density at radius 3 is 2.62 bits per heavy atom. The van der Waals surface area contributed by atoms with Crippen molar-refractivity contribution >= 4 is 23.3 Å². The van der Waals surface area contributed by atoms with Gasteiger partial charge in [0.15, 0.2) is 0 Å². The number of amidine groups is 1. The van der Waals surface area contributed by atoms with Crippen molar-refractivity contribution in [2.24, 2.45) is 10.9 Å². The van der Waals surface area contributed by atoms with E-state index in [2.05, 4.69) is 25.1 Å². The lowest BCUT2D eigenvalue weighted by atomic mass is 9.84. The Bertz CT molecular complexity index is 1240. The number of carbonyl (C=O) groups is 2. The summed E-state index contributed by atoms with van der Waals surface area (Å²) < 4.78 is 19.9. The lowest BCUT2D eigenvalue weighted by molar-refractivity contribution is -0.126. The Morgan fingerprint density at radius 2 is 1.90 bits per heavy atom. The molecule has 1 saturated heterocycles. The Morgan fingerprint density at radius 1 is 1.12 bits per heavy atom. The van der Waals surface area contributed by atoms with Crippen LogP contribution in [0.15, 0.2) is 41.5 Å². The summed E-state index contributed by atoms with van der Waals surface area (Å²) in [5.41, 5.74) is 2.15. The summed E-state index contributed by atoms with van der Waals surface area (Å²) in [5.74, 6) is 0.352. The first-order valence-corrected chi connectivity index (χ1v) is 14.7. The number of halogens is 1. The lowest BCUT2D eigenvalue weighted by Gasteiger charge is -2.36. The normalized spacial score (nSPS) is 22.4. The number of hydrogen-bond donors (Lipinski definition) is 1. The number of benzene rings is 1. The van der Waals surface area contributed by atoms with E-state index >= 15 is 0 Å². The van der Waals surface area contributed by atoms with Crippen molar-refractivity contribution in [3.05, 3.63) is 53.5 Å². The van der Waals surface area contributed by atoms with Gasteiger partial charge in [-0.05, 0) is 83.7 Å². The van der Waals surface area contributed by atoms with Crippen LogP contribution in [0.25, 0.3) is 0 Å². The molecular formula is C31H40FN5O3. The van der Waals surface area contributed by atoms with E-state index < -0.39 is 11.7 Å². The van der Waals surface area contributed by atoms with Gasteiger partial charge in [-0.25, -0.2) is 9.37 Å². The average molecular weight is 550 g/mol. The van der Waals surface area contributed by atoms with Gasteiger partial charge in [0.1, 0.15) is 18.3 Å². The standard InChI is InChI=1S/C31H40FN5O3/c1-21(2)34-30(38)22-9-11-26(12-10-22)37-27-19-29(40-16-15-36-13-4-3-5-14-36)33-20-24(27)18-28(37)35-31(39)23-7-6-8-25(32)17-23/h6-8,17,19-22,26H,3-5,9-16,18H2,1-2H3,(H,34,38). The van der Waals surface area contributed by atoms with Crippen molar-refractivity contribution < 1.29 is 18.7 Å². The second-order valence-corrected chi connectivity index (χ2v) is 11.5. The summed E-state index contributed by atoms with van der Waals surface area (Å²) in [6.45, 7) is 7.63. The molecule has 1 N–H and O–H groups in total. The highest BCUT2D eigenvalue weighted by Gasteiger charge is 2.36. The van der Waals surface area contributed by atoms with E-state index in [0.29, 0.717) is 24.7 Å². The number of rotatable bonds is 8. The molecule has 1 aromatic heterocycles. The molecule has 0 radical (unpaired) electrons. The number of amides is 2. The van der Waals surface area contributed by atoms with E-state index in [-0.39, 0.29) is 29.5 Å². The van der Waals surface area contributed by atoms with E-state index in [1.54, 1.807) is 6.07 Å². The highest BCUT2D eigenvalue weighted by atomic mass is 19.1. The minimum absolute atomic E-state index is 0.0128. The zero-order valence-corrected chi connectivity index (χ0v) is 23.6. The van der Waals surface area contributed by atoms with E-state index in [9.17, 15) is 14.0 Å². The third-order valence-corrected chi connectivity index (χ3v) is 8.09. The van der Waals surface area contributed by atoms with Crippen molar-refractivity contribution in [3.8, 4) is 5.88 Å². The molecule has 2 fully saturated rings. The van der Waals surface area contributed by atoms with Crippen LogP contribution in [-0.4, -0.2) is 65.9 Å². The fraction of sp³-hybridized carbons (Fsp3) is 0.548. The summed E-state index contributed by atoms with van der Waals surface area (Å²) in [7, 11) is 0. The summed E-state index contributed by atoms with van der Waals surface area (Å²) in [4.78, 5) is 39.3. The zero-order chi connectivity index (χ0) is 28.1. The number of aromatic nitrogens is 1. The van der Waals surface area contributed by atoms with E-state index in [0.717, 1.165) is 56.6 Å². The predicted octanol–water partition coefficient (Wildman–Crippen LogP) is 4.77. The maximum atomic E-state index is 13.8. The second kappa shape index (κ2) is 12.9. The Labute approximate surface area is 236 Å². The van der Waals surface area contributed by atoms with E-state index in [1.807, 2.05) is 26.1 Å². The van der Waals surface area contributed by atoms with Crippen LogP contribution in [0.4, 0.5) is 10.1 Å². The molecule has 9 heteroatoms. The number of carbonyl (C=O) groups excluding carboxylic acids is 2. The highest BCUT2D eigenvalue weighted by molar-refractivity contribution is 6.12. The molecule has 0 atom stereocenters. The van der Waals surface area contributed by atoms with Crippen LogP contribution in [0.3, 0.4) is 0 Å². The summed E-state index contributed by atoms with van der Waals surface area (Å²) in [6.07, 6.45) is 9.20. The van der Waals surface area contributed by atoms with Crippen LogP contribution >= 0.6 is 0 Å². The monoisotopic (exact) mass is 549 g/mol. The number of anilines is 1. The number of ether oxygens (including phenoxy) is 1. The first-order chi connectivity index (χ1) is 19.4. The molecule has 2 amide bonds. The van der Waals surface area contributed by atoms with Crippen LogP contribution in [0.1, 0.15) is 74.7 Å². The molecule has 0 bridgehead atoms.